The molecule has 45 heavy (non-hydrogen) atoms. The van der Waals surface area contributed by atoms with E-state index in [1.807, 2.05) is 18.2 Å². The molecule has 0 aromatic heterocycles. The van der Waals surface area contributed by atoms with Gasteiger partial charge in [0.05, 0.1) is 18.9 Å². The van der Waals surface area contributed by atoms with Crippen LogP contribution in [0.15, 0.2) is 52.3 Å². The summed E-state index contributed by atoms with van der Waals surface area (Å²) < 4.78 is 12.4. The quantitative estimate of drug-likeness (QED) is 0.0758. The van der Waals surface area contributed by atoms with Crippen molar-refractivity contribution in [1.29, 1.82) is 0 Å². The minimum Gasteiger partial charge on any atom is -0.504 e. The smallest absolute Gasteiger partial charge is 0.220 e. The lowest BCUT2D eigenvalue weighted by molar-refractivity contribution is 0.289. The predicted octanol–water partition coefficient (Wildman–Crippen LogP) is 11.9. The van der Waals surface area contributed by atoms with Crippen molar-refractivity contribution in [2.75, 3.05) is 13.2 Å². The Hall–Kier alpha value is -2.82. The third kappa shape index (κ3) is 19.3. The molecule has 0 saturated heterocycles. The maximum atomic E-state index is 11.7. The SMILES string of the molecule is CCCCCCCCCCCCCCCCOc1ccc(C=Nc2ccc(O)c(=O)cc2)c(OCCCCCCCCCC)c1. The van der Waals surface area contributed by atoms with Crippen LogP contribution in [0.5, 0.6) is 17.2 Å². The summed E-state index contributed by atoms with van der Waals surface area (Å²) in [5.41, 5.74) is 1.02. The normalized spacial score (nSPS) is 11.3. The number of aromatic hydroxyl groups is 1. The molecule has 2 aromatic carbocycles. The average molecular weight is 622 g/mol. The molecule has 0 heterocycles. The number of nitrogens with zero attached hydrogens (tertiary/aromatic N) is 1. The first-order valence-electron chi connectivity index (χ1n) is 18.4. The van der Waals surface area contributed by atoms with E-state index in [2.05, 4.69) is 18.8 Å². The first-order chi connectivity index (χ1) is 22.1. The Morgan fingerprint density at radius 3 is 1.58 bits per heavy atom. The zero-order valence-electron chi connectivity index (χ0n) is 28.7. The Bertz CT molecular complexity index is 1100. The molecule has 0 radical (unpaired) electrons. The molecule has 0 atom stereocenters. The third-order valence-corrected chi connectivity index (χ3v) is 8.43. The molecule has 0 aliphatic heterocycles. The minimum atomic E-state index is -0.425. The fraction of sp³-hybridized carbons (Fsp3) is 0.650. The molecule has 2 aromatic rings. The molecule has 2 rings (SSSR count). The summed E-state index contributed by atoms with van der Waals surface area (Å²) >= 11 is 0. The molecular weight excluding hydrogens is 558 g/mol. The van der Waals surface area contributed by atoms with E-state index in [0.717, 1.165) is 29.9 Å². The summed E-state index contributed by atoms with van der Waals surface area (Å²) in [4.78, 5) is 16.2. The summed E-state index contributed by atoms with van der Waals surface area (Å²) in [7, 11) is 0. The number of unbranched alkanes of at least 4 members (excludes halogenated alkanes) is 20. The molecule has 252 valence electrons. The number of hydrogen-bond donors (Lipinski definition) is 1. The summed E-state index contributed by atoms with van der Waals surface area (Å²) in [5.74, 6) is 1.29. The van der Waals surface area contributed by atoms with Crippen LogP contribution in [0.2, 0.25) is 0 Å². The van der Waals surface area contributed by atoms with E-state index in [1.165, 1.54) is 141 Å². The van der Waals surface area contributed by atoms with E-state index >= 15 is 0 Å². The molecule has 0 amide bonds. The van der Waals surface area contributed by atoms with E-state index in [9.17, 15) is 9.90 Å². The van der Waals surface area contributed by atoms with Crippen molar-refractivity contribution in [3.63, 3.8) is 0 Å². The monoisotopic (exact) mass is 621 g/mol. The van der Waals surface area contributed by atoms with Crippen LogP contribution < -0.4 is 14.9 Å². The van der Waals surface area contributed by atoms with Gasteiger partial charge in [-0.2, -0.15) is 0 Å². The molecule has 0 aliphatic carbocycles. The van der Waals surface area contributed by atoms with Crippen molar-refractivity contribution in [3.05, 3.63) is 58.3 Å². The van der Waals surface area contributed by atoms with Crippen LogP contribution in [-0.4, -0.2) is 24.5 Å². The molecule has 0 aliphatic rings. The lowest BCUT2D eigenvalue weighted by Gasteiger charge is -2.12. The predicted molar refractivity (Wildman–Crippen MR) is 192 cm³/mol. The van der Waals surface area contributed by atoms with E-state index in [1.54, 1.807) is 18.3 Å². The largest absolute Gasteiger partial charge is 0.504 e. The maximum Gasteiger partial charge on any atom is 0.220 e. The van der Waals surface area contributed by atoms with Gasteiger partial charge in [-0.15, -0.1) is 0 Å². The van der Waals surface area contributed by atoms with Crippen LogP contribution in [0.1, 0.15) is 161 Å². The van der Waals surface area contributed by atoms with Crippen molar-refractivity contribution in [2.45, 2.75) is 155 Å². The van der Waals surface area contributed by atoms with E-state index in [0.29, 0.717) is 18.9 Å². The third-order valence-electron chi connectivity index (χ3n) is 8.43. The van der Waals surface area contributed by atoms with Gasteiger partial charge in [0.15, 0.2) is 5.75 Å². The Morgan fingerprint density at radius 1 is 0.578 bits per heavy atom. The van der Waals surface area contributed by atoms with E-state index in [-0.39, 0.29) is 5.75 Å². The van der Waals surface area contributed by atoms with Crippen molar-refractivity contribution in [3.8, 4) is 17.2 Å². The standard InChI is InChI=1S/C40H63NO4/c1-3-5-7-9-11-13-14-15-16-17-18-20-21-23-31-44-37-28-25-35(34-41-36-26-29-38(42)39(43)30-27-36)40(33-37)45-32-24-22-19-12-10-8-6-4-2/h25-30,33-34H,3-24,31-32H2,1-2H3,(H,42,43). The number of aliphatic imine (C=N–C) groups is 1. The Morgan fingerprint density at radius 2 is 1.04 bits per heavy atom. The minimum absolute atomic E-state index is 0.286. The van der Waals surface area contributed by atoms with Crippen molar-refractivity contribution < 1.29 is 14.6 Å². The summed E-state index contributed by atoms with van der Waals surface area (Å²) in [6, 6.07) is 11.9. The van der Waals surface area contributed by atoms with Gasteiger partial charge >= 0.3 is 0 Å². The van der Waals surface area contributed by atoms with Gasteiger partial charge in [0.25, 0.3) is 0 Å². The van der Waals surface area contributed by atoms with E-state index < -0.39 is 5.43 Å². The van der Waals surface area contributed by atoms with Gasteiger partial charge in [0.2, 0.25) is 5.43 Å². The molecule has 0 spiro atoms. The Balaban J connectivity index is 1.75. The molecule has 1 N–H and O–H groups in total. The zero-order chi connectivity index (χ0) is 32.2. The Labute approximate surface area is 274 Å². The fourth-order valence-electron chi connectivity index (χ4n) is 5.52. The van der Waals surface area contributed by atoms with Gasteiger partial charge in [-0.05, 0) is 49.2 Å². The highest BCUT2D eigenvalue weighted by Crippen LogP contribution is 2.26. The van der Waals surface area contributed by atoms with Crippen molar-refractivity contribution in [1.82, 2.24) is 0 Å². The van der Waals surface area contributed by atoms with Crippen LogP contribution in [0.4, 0.5) is 5.69 Å². The number of hydrogen-bond acceptors (Lipinski definition) is 5. The van der Waals surface area contributed by atoms with Crippen LogP contribution in [0, 0.1) is 0 Å². The number of rotatable bonds is 28. The lowest BCUT2D eigenvalue weighted by Crippen LogP contribution is -2.02. The lowest BCUT2D eigenvalue weighted by atomic mass is 10.0. The highest BCUT2D eigenvalue weighted by atomic mass is 16.5. The van der Waals surface area contributed by atoms with Gasteiger partial charge in [0, 0.05) is 17.8 Å². The molecule has 0 unspecified atom stereocenters. The second-order valence-electron chi connectivity index (χ2n) is 12.6. The summed E-state index contributed by atoms with van der Waals surface area (Å²) in [6.07, 6.45) is 30.6. The van der Waals surface area contributed by atoms with Crippen molar-refractivity contribution in [2.24, 2.45) is 4.99 Å². The molecular formula is C40H63NO4. The second-order valence-corrected chi connectivity index (χ2v) is 12.6. The van der Waals surface area contributed by atoms with Crippen LogP contribution in [0.25, 0.3) is 0 Å². The highest BCUT2D eigenvalue weighted by Gasteiger charge is 2.06. The zero-order valence-corrected chi connectivity index (χ0v) is 28.7. The van der Waals surface area contributed by atoms with Gasteiger partial charge in [-0.25, -0.2) is 0 Å². The number of ether oxygens (including phenoxy) is 2. The second kappa shape index (κ2) is 26.4. The van der Waals surface area contributed by atoms with Gasteiger partial charge in [0.1, 0.15) is 11.5 Å². The van der Waals surface area contributed by atoms with Gasteiger partial charge in [-0.1, -0.05) is 142 Å². The fourth-order valence-corrected chi connectivity index (χ4v) is 5.52. The molecule has 0 fully saturated rings. The summed E-state index contributed by atoms with van der Waals surface area (Å²) in [5, 5.41) is 9.68. The molecule has 0 saturated carbocycles. The van der Waals surface area contributed by atoms with Crippen molar-refractivity contribution >= 4 is 11.9 Å². The first-order valence-corrected chi connectivity index (χ1v) is 18.4. The van der Waals surface area contributed by atoms with Gasteiger partial charge in [-0.3, -0.25) is 9.79 Å². The highest BCUT2D eigenvalue weighted by molar-refractivity contribution is 5.85. The van der Waals surface area contributed by atoms with Crippen LogP contribution in [0.3, 0.4) is 0 Å². The van der Waals surface area contributed by atoms with Gasteiger partial charge < -0.3 is 14.6 Å². The van der Waals surface area contributed by atoms with Crippen LogP contribution in [-0.2, 0) is 0 Å². The maximum absolute atomic E-state index is 11.7. The molecule has 0 bridgehead atoms. The molecule has 5 nitrogen and oxygen atoms in total. The Kier molecular flexibility index (Phi) is 22.5. The first kappa shape index (κ1) is 38.4. The van der Waals surface area contributed by atoms with E-state index in [4.69, 9.17) is 9.47 Å². The van der Waals surface area contributed by atoms with Crippen LogP contribution >= 0.6 is 0 Å². The average Bonchev–Trinajstić information content (AvgIpc) is 3.21. The topological polar surface area (TPSA) is 68.1 Å². The summed E-state index contributed by atoms with van der Waals surface area (Å²) in [6.45, 7) is 5.91. The number of benzene rings is 1. The molecule has 5 heteroatoms.